The number of hydrogen-bond acceptors (Lipinski definition) is 5. The van der Waals surface area contributed by atoms with Gasteiger partial charge in [-0.3, -0.25) is 0 Å². The molecule has 2 aromatic heterocycles. The quantitative estimate of drug-likeness (QED) is 0.157. The van der Waals surface area contributed by atoms with Gasteiger partial charge in [0, 0.05) is 22.5 Å². The maximum Gasteiger partial charge on any atom is 0.335 e. The minimum absolute atomic E-state index is 0.175. The van der Waals surface area contributed by atoms with Crippen molar-refractivity contribution in [1.29, 1.82) is 0 Å². The predicted molar refractivity (Wildman–Crippen MR) is 150 cm³/mol. The highest BCUT2D eigenvalue weighted by Crippen LogP contribution is 2.25. The third kappa shape index (κ3) is 4.82. The number of nitrogens with one attached hydrogen (secondary N) is 4. The molecule has 4 aromatic carbocycles. The maximum atomic E-state index is 12.5. The normalized spacial score (nSPS) is 11.0. The van der Waals surface area contributed by atoms with Gasteiger partial charge in [0.25, 0.3) is 0 Å². The number of urea groups is 1. The van der Waals surface area contributed by atoms with Crippen LogP contribution < -0.4 is 10.6 Å². The van der Waals surface area contributed by atoms with Crippen LogP contribution >= 0.6 is 0 Å². The lowest BCUT2D eigenvalue weighted by Gasteiger charge is -2.08. The van der Waals surface area contributed by atoms with E-state index in [9.17, 15) is 24.6 Å². The summed E-state index contributed by atoms with van der Waals surface area (Å²) < 4.78 is 0. The fourth-order valence-electron chi connectivity index (χ4n) is 4.28. The van der Waals surface area contributed by atoms with Gasteiger partial charge in [-0.25, -0.2) is 24.4 Å². The van der Waals surface area contributed by atoms with Crippen LogP contribution in [0.25, 0.3) is 44.8 Å². The first-order valence-electron chi connectivity index (χ1n) is 12.1. The molecule has 6 aromatic rings. The Morgan fingerprint density at radius 2 is 0.975 bits per heavy atom. The molecule has 6 rings (SSSR count). The SMILES string of the molecule is O=C(Nc1ccc(-c2nc3ccc(C(=O)O)cc3[nH]2)cc1)Nc1ccc(-c2nc3ccc(C(=O)O)cc3[nH]2)cc1. The molecule has 2 heterocycles. The number of H-pyrrole nitrogens is 2. The Morgan fingerprint density at radius 1 is 0.575 bits per heavy atom. The minimum atomic E-state index is -1.01. The number of aromatic nitrogens is 4. The molecular weight excluding hydrogens is 512 g/mol. The summed E-state index contributed by atoms with van der Waals surface area (Å²) in [6, 6.07) is 23.1. The van der Waals surface area contributed by atoms with Crippen molar-refractivity contribution >= 4 is 51.4 Å². The number of carbonyl (C=O) groups is 3. The van der Waals surface area contributed by atoms with E-state index < -0.39 is 18.0 Å². The van der Waals surface area contributed by atoms with Crippen LogP contribution in [0.1, 0.15) is 20.7 Å². The summed E-state index contributed by atoms with van der Waals surface area (Å²) in [6.45, 7) is 0. The average Bonchev–Trinajstić information content (AvgIpc) is 3.57. The number of carbonyl (C=O) groups excluding carboxylic acids is 1. The highest BCUT2D eigenvalue weighted by molar-refractivity contribution is 6.00. The van der Waals surface area contributed by atoms with Gasteiger partial charge in [-0.15, -0.1) is 0 Å². The number of nitrogens with zero attached hydrogens (tertiary/aromatic N) is 2. The molecule has 0 aliphatic heterocycles. The second kappa shape index (κ2) is 9.72. The number of imidazole rings is 2. The van der Waals surface area contributed by atoms with Gasteiger partial charge in [0.2, 0.25) is 0 Å². The van der Waals surface area contributed by atoms with Crippen molar-refractivity contribution in [3.8, 4) is 22.8 Å². The summed E-state index contributed by atoms with van der Waals surface area (Å²) in [7, 11) is 0. The van der Waals surface area contributed by atoms with Gasteiger partial charge in [0.05, 0.1) is 33.2 Å². The molecule has 0 radical (unpaired) electrons. The van der Waals surface area contributed by atoms with Crippen molar-refractivity contribution in [1.82, 2.24) is 19.9 Å². The molecule has 0 unspecified atom stereocenters. The summed E-state index contributed by atoms with van der Waals surface area (Å²) in [6.07, 6.45) is 0. The monoisotopic (exact) mass is 532 g/mol. The molecule has 0 fully saturated rings. The van der Waals surface area contributed by atoms with Gasteiger partial charge in [-0.1, -0.05) is 0 Å². The highest BCUT2D eigenvalue weighted by Gasteiger charge is 2.11. The molecule has 0 bridgehead atoms. The Labute approximate surface area is 225 Å². The molecule has 11 heteroatoms. The number of benzene rings is 4. The summed E-state index contributed by atoms with van der Waals surface area (Å²) >= 11 is 0. The highest BCUT2D eigenvalue weighted by atomic mass is 16.4. The van der Waals surface area contributed by atoms with Crippen LogP contribution in [0, 0.1) is 0 Å². The number of aromatic amines is 2. The molecule has 0 spiro atoms. The third-order valence-electron chi connectivity index (χ3n) is 6.29. The van der Waals surface area contributed by atoms with Crippen molar-refractivity contribution in [2.24, 2.45) is 0 Å². The van der Waals surface area contributed by atoms with E-state index in [0.717, 1.165) is 11.1 Å². The second-order valence-corrected chi connectivity index (χ2v) is 8.98. The Morgan fingerprint density at radius 3 is 1.35 bits per heavy atom. The van der Waals surface area contributed by atoms with Crippen molar-refractivity contribution in [2.45, 2.75) is 0 Å². The van der Waals surface area contributed by atoms with Gasteiger partial charge in [0.1, 0.15) is 11.6 Å². The lowest BCUT2D eigenvalue weighted by molar-refractivity contribution is 0.0686. The third-order valence-corrected chi connectivity index (χ3v) is 6.29. The van der Waals surface area contributed by atoms with Gasteiger partial charge in [-0.05, 0) is 84.9 Å². The van der Waals surface area contributed by atoms with E-state index in [1.807, 2.05) is 0 Å². The zero-order valence-electron chi connectivity index (χ0n) is 20.6. The summed E-state index contributed by atoms with van der Waals surface area (Å²) in [5.41, 5.74) is 5.60. The largest absolute Gasteiger partial charge is 0.478 e. The van der Waals surface area contributed by atoms with Gasteiger partial charge in [-0.2, -0.15) is 0 Å². The van der Waals surface area contributed by atoms with E-state index in [-0.39, 0.29) is 11.1 Å². The fourth-order valence-corrected chi connectivity index (χ4v) is 4.28. The van der Waals surface area contributed by atoms with E-state index in [0.29, 0.717) is 45.1 Å². The number of hydrogen-bond donors (Lipinski definition) is 6. The van der Waals surface area contributed by atoms with Crippen molar-refractivity contribution in [3.05, 3.63) is 96.1 Å². The molecule has 0 aliphatic carbocycles. The number of fused-ring (bicyclic) bond motifs is 2. The van der Waals surface area contributed by atoms with Crippen LogP contribution in [-0.4, -0.2) is 48.1 Å². The first-order chi connectivity index (χ1) is 19.3. The van der Waals surface area contributed by atoms with E-state index in [1.165, 1.54) is 24.3 Å². The van der Waals surface area contributed by atoms with Gasteiger partial charge >= 0.3 is 18.0 Å². The Kier molecular flexibility index (Phi) is 5.93. The Balaban J connectivity index is 1.10. The lowest BCUT2D eigenvalue weighted by Crippen LogP contribution is -2.19. The van der Waals surface area contributed by atoms with Crippen LogP contribution in [0.2, 0.25) is 0 Å². The zero-order chi connectivity index (χ0) is 27.8. The molecule has 0 aliphatic rings. The number of carboxylic acid groups (broad SMARTS) is 2. The molecule has 11 nitrogen and oxygen atoms in total. The topological polar surface area (TPSA) is 173 Å². The van der Waals surface area contributed by atoms with Crippen LogP contribution in [0.3, 0.4) is 0 Å². The smallest absolute Gasteiger partial charge is 0.335 e. The molecule has 40 heavy (non-hydrogen) atoms. The second-order valence-electron chi connectivity index (χ2n) is 8.98. The van der Waals surface area contributed by atoms with E-state index in [1.54, 1.807) is 60.7 Å². The van der Waals surface area contributed by atoms with Crippen LogP contribution in [0.4, 0.5) is 16.2 Å². The zero-order valence-corrected chi connectivity index (χ0v) is 20.6. The summed E-state index contributed by atoms with van der Waals surface area (Å²) in [5, 5.41) is 23.9. The standard InChI is InChI=1S/C29H20N6O5/c36-27(37)17-5-11-21-23(13-17)34-25(32-21)15-1-7-19(8-2-15)30-29(40)31-20-9-3-16(4-10-20)26-33-22-12-6-18(28(38)39)14-24(22)35-26/h1-14H,(H,32,34)(H,33,35)(H,36,37)(H,38,39)(H2,30,31,40). The van der Waals surface area contributed by atoms with E-state index in [2.05, 4.69) is 30.6 Å². The summed E-state index contributed by atoms with van der Waals surface area (Å²) in [4.78, 5) is 50.2. The Hall–Kier alpha value is -5.97. The lowest BCUT2D eigenvalue weighted by atomic mass is 10.2. The van der Waals surface area contributed by atoms with Gasteiger partial charge in [0.15, 0.2) is 0 Å². The van der Waals surface area contributed by atoms with Crippen molar-refractivity contribution in [2.75, 3.05) is 10.6 Å². The van der Waals surface area contributed by atoms with Crippen molar-refractivity contribution < 1.29 is 24.6 Å². The van der Waals surface area contributed by atoms with Crippen LogP contribution in [-0.2, 0) is 0 Å². The molecule has 0 atom stereocenters. The average molecular weight is 533 g/mol. The molecule has 196 valence electrons. The molecular formula is C29H20N6O5. The molecule has 0 saturated heterocycles. The fraction of sp³-hybridized carbons (Fsp3) is 0. The number of carboxylic acids is 2. The van der Waals surface area contributed by atoms with Crippen LogP contribution in [0.15, 0.2) is 84.9 Å². The van der Waals surface area contributed by atoms with E-state index >= 15 is 0 Å². The predicted octanol–water partition coefficient (Wildman–Crippen LogP) is 5.81. The van der Waals surface area contributed by atoms with Crippen molar-refractivity contribution in [3.63, 3.8) is 0 Å². The number of amides is 2. The minimum Gasteiger partial charge on any atom is -0.478 e. The van der Waals surface area contributed by atoms with Gasteiger partial charge < -0.3 is 30.8 Å². The first-order valence-corrected chi connectivity index (χ1v) is 12.1. The molecule has 2 amide bonds. The Bertz CT molecular complexity index is 1780. The maximum absolute atomic E-state index is 12.5. The number of aromatic carboxylic acids is 2. The van der Waals surface area contributed by atoms with E-state index in [4.69, 9.17) is 0 Å². The number of anilines is 2. The molecule has 6 N–H and O–H groups in total. The summed E-state index contributed by atoms with van der Waals surface area (Å²) in [5.74, 6) is -0.848. The van der Waals surface area contributed by atoms with Crippen LogP contribution in [0.5, 0.6) is 0 Å². The number of rotatable bonds is 6. The first kappa shape index (κ1) is 24.4. The molecule has 0 saturated carbocycles.